The summed E-state index contributed by atoms with van der Waals surface area (Å²) >= 11 is 0. The number of carboxylic acids is 1. The largest absolute Gasteiger partial charge is 0.478 e. The Morgan fingerprint density at radius 3 is 2.26 bits per heavy atom. The van der Waals surface area contributed by atoms with Gasteiger partial charge in [0.15, 0.2) is 0 Å². The van der Waals surface area contributed by atoms with Gasteiger partial charge in [-0.2, -0.15) is 0 Å². The summed E-state index contributed by atoms with van der Waals surface area (Å²) in [6, 6.07) is 7.13. The number of urea groups is 1. The van der Waals surface area contributed by atoms with E-state index in [1.54, 1.807) is 18.2 Å². The van der Waals surface area contributed by atoms with Crippen molar-refractivity contribution in [2.45, 2.75) is 6.92 Å². The van der Waals surface area contributed by atoms with Crippen LogP contribution >= 0.6 is 0 Å². The average molecular weight is 368 g/mol. The van der Waals surface area contributed by atoms with Gasteiger partial charge in [-0.1, -0.05) is 6.07 Å². The number of hydrogen-bond acceptors (Lipinski definition) is 5. The minimum absolute atomic E-state index is 0.117. The molecule has 1 aromatic carbocycles. The van der Waals surface area contributed by atoms with Crippen LogP contribution in [-0.2, 0) is 9.59 Å². The fourth-order valence-electron chi connectivity index (χ4n) is 2.71. The highest BCUT2D eigenvalue weighted by Gasteiger charge is 2.38. The minimum atomic E-state index is -1.06. The maximum atomic E-state index is 12.2. The number of furan rings is 1. The number of imide groups is 2. The third kappa shape index (κ3) is 3.12. The molecular formula is C19H16N2O6. The van der Waals surface area contributed by atoms with E-state index in [2.05, 4.69) is 0 Å². The molecule has 0 spiro atoms. The van der Waals surface area contributed by atoms with Crippen LogP contribution in [0.2, 0.25) is 0 Å². The third-order valence-electron chi connectivity index (χ3n) is 4.31. The number of nitrogens with zero attached hydrogens (tertiary/aromatic N) is 2. The van der Waals surface area contributed by atoms with Crippen molar-refractivity contribution in [2.75, 3.05) is 14.1 Å². The molecule has 1 saturated heterocycles. The SMILES string of the molecule is Cc1ccc(C(=O)O)cc1-c1ccc(C=C2C(=O)N(C)C(=O)N(C)C2=O)o1. The first kappa shape index (κ1) is 18.1. The molecule has 0 bridgehead atoms. The molecule has 0 atom stereocenters. The molecule has 1 fully saturated rings. The van der Waals surface area contributed by atoms with Crippen LogP contribution in [0.15, 0.2) is 40.3 Å². The van der Waals surface area contributed by atoms with E-state index in [0.717, 1.165) is 15.4 Å². The second-order valence-electron chi connectivity index (χ2n) is 6.11. The van der Waals surface area contributed by atoms with Crippen LogP contribution < -0.4 is 0 Å². The van der Waals surface area contributed by atoms with Crippen LogP contribution in [0.5, 0.6) is 0 Å². The Kier molecular flexibility index (Phi) is 4.40. The first-order chi connectivity index (χ1) is 12.7. The molecule has 0 radical (unpaired) electrons. The maximum Gasteiger partial charge on any atom is 0.335 e. The van der Waals surface area contributed by atoms with Gasteiger partial charge in [-0.05, 0) is 42.8 Å². The lowest BCUT2D eigenvalue weighted by atomic mass is 10.0. The summed E-state index contributed by atoms with van der Waals surface area (Å²) < 4.78 is 5.69. The molecule has 0 unspecified atom stereocenters. The topological polar surface area (TPSA) is 108 Å². The van der Waals surface area contributed by atoms with E-state index in [0.29, 0.717) is 11.3 Å². The molecule has 3 rings (SSSR count). The van der Waals surface area contributed by atoms with E-state index in [1.165, 1.54) is 32.3 Å². The quantitative estimate of drug-likeness (QED) is 0.658. The molecule has 27 heavy (non-hydrogen) atoms. The van der Waals surface area contributed by atoms with Crippen molar-refractivity contribution >= 4 is 29.9 Å². The van der Waals surface area contributed by atoms with Crippen LogP contribution in [0.1, 0.15) is 21.7 Å². The van der Waals surface area contributed by atoms with E-state index in [9.17, 15) is 19.2 Å². The number of barbiturate groups is 1. The summed E-state index contributed by atoms with van der Waals surface area (Å²) in [5.74, 6) is -1.86. The van der Waals surface area contributed by atoms with Crippen LogP contribution in [0.4, 0.5) is 4.79 Å². The summed E-state index contributed by atoms with van der Waals surface area (Å²) in [7, 11) is 2.57. The van der Waals surface area contributed by atoms with Gasteiger partial charge in [0.25, 0.3) is 11.8 Å². The molecule has 2 aromatic rings. The average Bonchev–Trinajstić information content (AvgIpc) is 3.10. The zero-order valence-corrected chi connectivity index (χ0v) is 14.8. The summed E-state index contributed by atoms with van der Waals surface area (Å²) in [5, 5.41) is 9.15. The first-order valence-electron chi connectivity index (χ1n) is 7.96. The summed E-state index contributed by atoms with van der Waals surface area (Å²) in [6.07, 6.45) is 1.27. The van der Waals surface area contributed by atoms with Gasteiger partial charge in [-0.25, -0.2) is 9.59 Å². The molecule has 4 amide bonds. The predicted molar refractivity (Wildman–Crippen MR) is 94.8 cm³/mol. The normalized spacial score (nSPS) is 14.8. The monoisotopic (exact) mass is 368 g/mol. The summed E-state index contributed by atoms with van der Waals surface area (Å²) in [5.41, 5.74) is 1.32. The van der Waals surface area contributed by atoms with Crippen LogP contribution in [0.25, 0.3) is 17.4 Å². The molecule has 1 aliphatic rings. The molecule has 8 nitrogen and oxygen atoms in total. The molecule has 0 aliphatic carbocycles. The number of aromatic carboxylic acids is 1. The van der Waals surface area contributed by atoms with Crippen LogP contribution in [0, 0.1) is 6.92 Å². The lowest BCUT2D eigenvalue weighted by Crippen LogP contribution is -2.52. The number of rotatable bonds is 3. The number of carbonyl (C=O) groups excluding carboxylic acids is 3. The Bertz CT molecular complexity index is 991. The van der Waals surface area contributed by atoms with Gasteiger partial charge < -0.3 is 9.52 Å². The molecule has 1 aliphatic heterocycles. The van der Waals surface area contributed by atoms with Gasteiger partial charge in [0.2, 0.25) is 0 Å². The molecule has 138 valence electrons. The highest BCUT2D eigenvalue weighted by molar-refractivity contribution is 6.30. The Labute approximate surface area is 154 Å². The minimum Gasteiger partial charge on any atom is -0.478 e. The Balaban J connectivity index is 1.99. The highest BCUT2D eigenvalue weighted by atomic mass is 16.4. The van der Waals surface area contributed by atoms with Gasteiger partial charge in [0.1, 0.15) is 17.1 Å². The molecule has 0 saturated carbocycles. The zero-order chi connectivity index (χ0) is 19.9. The molecule has 2 heterocycles. The fraction of sp³-hybridized carbons (Fsp3) is 0.158. The van der Waals surface area contributed by atoms with Gasteiger partial charge in [-0.3, -0.25) is 19.4 Å². The maximum absolute atomic E-state index is 12.2. The van der Waals surface area contributed by atoms with Crippen molar-refractivity contribution in [3.8, 4) is 11.3 Å². The molecule has 1 aromatic heterocycles. The van der Waals surface area contributed by atoms with Crippen molar-refractivity contribution < 1.29 is 28.7 Å². The second-order valence-corrected chi connectivity index (χ2v) is 6.11. The smallest absolute Gasteiger partial charge is 0.335 e. The van der Waals surface area contributed by atoms with E-state index < -0.39 is 23.8 Å². The van der Waals surface area contributed by atoms with Crippen LogP contribution in [0.3, 0.4) is 0 Å². The molecular weight excluding hydrogens is 352 g/mol. The number of hydrogen-bond donors (Lipinski definition) is 1. The second kappa shape index (κ2) is 6.56. The standard InChI is InChI=1S/C19H16N2O6/c1-10-4-5-11(18(24)25)8-13(10)15-7-6-12(27-15)9-14-16(22)20(2)19(26)21(3)17(14)23/h4-9H,1-3H3,(H,24,25). The number of aryl methyl sites for hydroxylation is 1. The van der Waals surface area contributed by atoms with E-state index in [1.807, 2.05) is 6.92 Å². The van der Waals surface area contributed by atoms with Gasteiger partial charge in [0, 0.05) is 19.7 Å². The van der Waals surface area contributed by atoms with Gasteiger partial charge in [0.05, 0.1) is 5.56 Å². The molecule has 8 heteroatoms. The van der Waals surface area contributed by atoms with Crippen molar-refractivity contribution in [1.82, 2.24) is 9.80 Å². The number of benzene rings is 1. The number of carbonyl (C=O) groups is 4. The number of likely N-dealkylation sites (N-methyl/N-ethyl adjacent to an activating group) is 2. The van der Waals surface area contributed by atoms with E-state index in [4.69, 9.17) is 9.52 Å². The number of amides is 4. The zero-order valence-electron chi connectivity index (χ0n) is 14.8. The Morgan fingerprint density at radius 1 is 1.04 bits per heavy atom. The third-order valence-corrected chi connectivity index (χ3v) is 4.31. The van der Waals surface area contributed by atoms with Crippen molar-refractivity contribution in [3.63, 3.8) is 0 Å². The summed E-state index contributed by atoms with van der Waals surface area (Å²) in [6.45, 7) is 1.81. The molecule has 1 N–H and O–H groups in total. The van der Waals surface area contributed by atoms with E-state index >= 15 is 0 Å². The lowest BCUT2D eigenvalue weighted by molar-refractivity contribution is -0.134. The predicted octanol–water partition coefficient (Wildman–Crippen LogP) is 2.39. The van der Waals surface area contributed by atoms with Gasteiger partial charge >= 0.3 is 12.0 Å². The van der Waals surface area contributed by atoms with Crippen molar-refractivity contribution in [3.05, 3.63) is 52.8 Å². The van der Waals surface area contributed by atoms with Crippen molar-refractivity contribution in [2.24, 2.45) is 0 Å². The Morgan fingerprint density at radius 2 is 1.67 bits per heavy atom. The highest BCUT2D eigenvalue weighted by Crippen LogP contribution is 2.28. The lowest BCUT2D eigenvalue weighted by Gasteiger charge is -2.28. The van der Waals surface area contributed by atoms with Crippen molar-refractivity contribution in [1.29, 1.82) is 0 Å². The summed E-state index contributed by atoms with van der Waals surface area (Å²) in [4.78, 5) is 49.1. The Hall–Kier alpha value is -3.68. The van der Waals surface area contributed by atoms with Gasteiger partial charge in [-0.15, -0.1) is 0 Å². The number of carboxylic acid groups (broad SMARTS) is 1. The fourth-order valence-corrected chi connectivity index (χ4v) is 2.71. The van der Waals surface area contributed by atoms with E-state index in [-0.39, 0.29) is 16.9 Å². The van der Waals surface area contributed by atoms with Crippen LogP contribution in [-0.4, -0.2) is 52.8 Å². The first-order valence-corrected chi connectivity index (χ1v) is 7.96.